The summed E-state index contributed by atoms with van der Waals surface area (Å²) in [5.74, 6) is 0.0192. The highest BCUT2D eigenvalue weighted by atomic mass is 16.1. The van der Waals surface area contributed by atoms with E-state index in [1.165, 1.54) is 0 Å². The number of carbonyl (C=O) groups is 1. The van der Waals surface area contributed by atoms with Crippen LogP contribution in [0.15, 0.2) is 54.9 Å². The standard InChI is InChI=1S/C17H21N3O/c1-13(14-9-11-19-12-10-14)20-17(21)8-7-16(18)15-5-3-2-4-6-15/h2-6,9-13,16H,7-8,18H2,1H3,(H,20,21)/t13-,16?/m0/s1. The zero-order valence-corrected chi connectivity index (χ0v) is 12.2. The summed E-state index contributed by atoms with van der Waals surface area (Å²) in [4.78, 5) is 16.0. The molecule has 2 rings (SSSR count). The van der Waals surface area contributed by atoms with E-state index in [0.29, 0.717) is 12.8 Å². The second-order valence-electron chi connectivity index (χ2n) is 5.13. The Morgan fingerprint density at radius 1 is 1.14 bits per heavy atom. The second-order valence-corrected chi connectivity index (χ2v) is 5.13. The number of hydrogen-bond donors (Lipinski definition) is 2. The first-order valence-electron chi connectivity index (χ1n) is 7.16. The molecule has 0 aliphatic carbocycles. The molecule has 0 spiro atoms. The Bertz CT molecular complexity index is 557. The van der Waals surface area contributed by atoms with Crippen molar-refractivity contribution in [2.45, 2.75) is 31.8 Å². The minimum absolute atomic E-state index is 0.0192. The normalized spacial score (nSPS) is 13.4. The van der Waals surface area contributed by atoms with Gasteiger partial charge in [0, 0.05) is 24.9 Å². The fraction of sp³-hybridized carbons (Fsp3) is 0.294. The molecular weight excluding hydrogens is 262 g/mol. The van der Waals surface area contributed by atoms with Crippen LogP contribution in [0.3, 0.4) is 0 Å². The van der Waals surface area contributed by atoms with E-state index in [4.69, 9.17) is 5.73 Å². The van der Waals surface area contributed by atoms with Crippen LogP contribution < -0.4 is 11.1 Å². The van der Waals surface area contributed by atoms with Crippen LogP contribution in [0.4, 0.5) is 0 Å². The first-order valence-corrected chi connectivity index (χ1v) is 7.16. The van der Waals surface area contributed by atoms with Crippen LogP contribution in [-0.4, -0.2) is 10.9 Å². The van der Waals surface area contributed by atoms with Crippen molar-refractivity contribution in [3.05, 3.63) is 66.0 Å². The number of carbonyl (C=O) groups excluding carboxylic acids is 1. The minimum atomic E-state index is -0.104. The number of rotatable bonds is 6. The predicted molar refractivity (Wildman–Crippen MR) is 83.4 cm³/mol. The van der Waals surface area contributed by atoms with Gasteiger partial charge < -0.3 is 11.1 Å². The summed E-state index contributed by atoms with van der Waals surface area (Å²) < 4.78 is 0. The molecule has 0 bridgehead atoms. The summed E-state index contributed by atoms with van der Waals surface area (Å²) in [5, 5.41) is 2.98. The zero-order valence-electron chi connectivity index (χ0n) is 12.2. The largest absolute Gasteiger partial charge is 0.350 e. The molecule has 1 aromatic carbocycles. The third-order valence-corrected chi connectivity index (χ3v) is 3.49. The summed E-state index contributed by atoms with van der Waals surface area (Å²) in [6.45, 7) is 1.96. The Labute approximate surface area is 125 Å². The monoisotopic (exact) mass is 283 g/mol. The fourth-order valence-corrected chi connectivity index (χ4v) is 2.20. The molecule has 1 unspecified atom stereocenters. The number of nitrogens with zero attached hydrogens (tertiary/aromatic N) is 1. The summed E-state index contributed by atoms with van der Waals surface area (Å²) in [7, 11) is 0. The van der Waals surface area contributed by atoms with Crippen molar-refractivity contribution in [3.8, 4) is 0 Å². The van der Waals surface area contributed by atoms with Gasteiger partial charge in [0.25, 0.3) is 0 Å². The number of benzene rings is 1. The molecule has 0 radical (unpaired) electrons. The molecule has 0 aliphatic rings. The molecule has 2 aromatic rings. The van der Waals surface area contributed by atoms with Crippen LogP contribution in [0, 0.1) is 0 Å². The molecule has 110 valence electrons. The highest BCUT2D eigenvalue weighted by molar-refractivity contribution is 5.76. The van der Waals surface area contributed by atoms with Crippen molar-refractivity contribution in [1.82, 2.24) is 10.3 Å². The zero-order chi connectivity index (χ0) is 15.1. The van der Waals surface area contributed by atoms with Crippen molar-refractivity contribution in [2.75, 3.05) is 0 Å². The smallest absolute Gasteiger partial charge is 0.220 e. The molecule has 1 heterocycles. The Morgan fingerprint density at radius 2 is 1.81 bits per heavy atom. The van der Waals surface area contributed by atoms with Crippen LogP contribution in [-0.2, 0) is 4.79 Å². The van der Waals surface area contributed by atoms with Gasteiger partial charge in [0.05, 0.1) is 6.04 Å². The average Bonchev–Trinajstić information content (AvgIpc) is 2.54. The molecule has 4 nitrogen and oxygen atoms in total. The Hall–Kier alpha value is -2.20. The maximum absolute atomic E-state index is 12.0. The molecule has 1 aromatic heterocycles. The molecule has 1 amide bonds. The molecule has 0 saturated heterocycles. The van der Waals surface area contributed by atoms with Crippen molar-refractivity contribution < 1.29 is 4.79 Å². The van der Waals surface area contributed by atoms with Crippen LogP contribution in [0.25, 0.3) is 0 Å². The van der Waals surface area contributed by atoms with Crippen LogP contribution in [0.5, 0.6) is 0 Å². The number of nitrogens with two attached hydrogens (primary N) is 1. The van der Waals surface area contributed by atoms with Gasteiger partial charge >= 0.3 is 0 Å². The fourth-order valence-electron chi connectivity index (χ4n) is 2.20. The van der Waals surface area contributed by atoms with Crippen molar-refractivity contribution in [1.29, 1.82) is 0 Å². The Kier molecular flexibility index (Phi) is 5.46. The van der Waals surface area contributed by atoms with E-state index >= 15 is 0 Å². The topological polar surface area (TPSA) is 68.0 Å². The van der Waals surface area contributed by atoms with Crippen LogP contribution in [0.2, 0.25) is 0 Å². The van der Waals surface area contributed by atoms with E-state index in [1.54, 1.807) is 12.4 Å². The third-order valence-electron chi connectivity index (χ3n) is 3.49. The first kappa shape index (κ1) is 15.2. The van der Waals surface area contributed by atoms with Gasteiger partial charge in [-0.05, 0) is 36.6 Å². The number of pyridine rings is 1. The number of aromatic nitrogens is 1. The van der Waals surface area contributed by atoms with Crippen molar-refractivity contribution >= 4 is 5.91 Å². The lowest BCUT2D eigenvalue weighted by Gasteiger charge is -2.16. The molecule has 3 N–H and O–H groups in total. The second kappa shape index (κ2) is 7.55. The van der Waals surface area contributed by atoms with Gasteiger partial charge in [0.15, 0.2) is 0 Å². The van der Waals surface area contributed by atoms with Gasteiger partial charge in [-0.15, -0.1) is 0 Å². The number of nitrogens with one attached hydrogen (secondary N) is 1. The first-order chi connectivity index (χ1) is 10.2. The predicted octanol–water partition coefficient (Wildman–Crippen LogP) is 2.74. The summed E-state index contributed by atoms with van der Waals surface area (Å²) in [6.07, 6.45) is 4.51. The lowest BCUT2D eigenvalue weighted by molar-refractivity contribution is -0.121. The molecular formula is C17H21N3O. The summed E-state index contributed by atoms with van der Waals surface area (Å²) in [5.41, 5.74) is 8.21. The molecule has 2 atom stereocenters. The lowest BCUT2D eigenvalue weighted by atomic mass is 10.0. The third kappa shape index (κ3) is 4.68. The van der Waals surface area contributed by atoms with E-state index in [0.717, 1.165) is 11.1 Å². The molecule has 4 heteroatoms. The SMILES string of the molecule is C[C@H](NC(=O)CCC(N)c1ccccc1)c1ccncc1. The molecule has 0 saturated carbocycles. The van der Waals surface area contributed by atoms with E-state index in [2.05, 4.69) is 10.3 Å². The highest BCUT2D eigenvalue weighted by Gasteiger charge is 2.12. The van der Waals surface area contributed by atoms with Crippen LogP contribution >= 0.6 is 0 Å². The molecule has 0 aliphatic heterocycles. The van der Waals surface area contributed by atoms with Gasteiger partial charge in [-0.3, -0.25) is 9.78 Å². The van der Waals surface area contributed by atoms with Crippen molar-refractivity contribution in [2.24, 2.45) is 5.73 Å². The minimum Gasteiger partial charge on any atom is -0.350 e. The van der Waals surface area contributed by atoms with E-state index in [1.807, 2.05) is 49.4 Å². The molecule has 21 heavy (non-hydrogen) atoms. The van der Waals surface area contributed by atoms with E-state index in [9.17, 15) is 4.79 Å². The molecule has 0 fully saturated rings. The van der Waals surface area contributed by atoms with Gasteiger partial charge in [-0.25, -0.2) is 0 Å². The Balaban J connectivity index is 1.80. The van der Waals surface area contributed by atoms with Crippen LogP contribution in [0.1, 0.15) is 43.0 Å². The maximum atomic E-state index is 12.0. The highest BCUT2D eigenvalue weighted by Crippen LogP contribution is 2.16. The van der Waals surface area contributed by atoms with Gasteiger partial charge in [0.2, 0.25) is 5.91 Å². The van der Waals surface area contributed by atoms with E-state index < -0.39 is 0 Å². The average molecular weight is 283 g/mol. The quantitative estimate of drug-likeness (QED) is 0.856. The van der Waals surface area contributed by atoms with E-state index in [-0.39, 0.29) is 18.0 Å². The number of amides is 1. The lowest BCUT2D eigenvalue weighted by Crippen LogP contribution is -2.27. The maximum Gasteiger partial charge on any atom is 0.220 e. The van der Waals surface area contributed by atoms with Crippen molar-refractivity contribution in [3.63, 3.8) is 0 Å². The van der Waals surface area contributed by atoms with Gasteiger partial charge in [0.1, 0.15) is 0 Å². The Morgan fingerprint density at radius 3 is 2.48 bits per heavy atom. The summed E-state index contributed by atoms with van der Waals surface area (Å²) >= 11 is 0. The van der Waals surface area contributed by atoms with Gasteiger partial charge in [-0.1, -0.05) is 30.3 Å². The van der Waals surface area contributed by atoms with Gasteiger partial charge in [-0.2, -0.15) is 0 Å². The summed E-state index contributed by atoms with van der Waals surface area (Å²) in [6, 6.07) is 13.5. The number of hydrogen-bond acceptors (Lipinski definition) is 3.